The monoisotopic (exact) mass is 363 g/mol. The lowest BCUT2D eigenvalue weighted by molar-refractivity contribution is 0.0526. The van der Waals surface area contributed by atoms with Crippen molar-refractivity contribution in [3.8, 4) is 23.0 Å². The molecule has 0 bridgehead atoms. The minimum Gasteiger partial charge on any atom is -0.497 e. The summed E-state index contributed by atoms with van der Waals surface area (Å²) < 4.78 is 21.1. The summed E-state index contributed by atoms with van der Waals surface area (Å²) >= 11 is 0. The van der Waals surface area contributed by atoms with Gasteiger partial charge in [-0.15, -0.1) is 0 Å². The van der Waals surface area contributed by atoms with Gasteiger partial charge in [0.15, 0.2) is 11.5 Å². The van der Waals surface area contributed by atoms with Gasteiger partial charge in [0.1, 0.15) is 24.2 Å². The topological polar surface area (TPSA) is 120 Å². The maximum absolute atomic E-state index is 11.8. The zero-order valence-corrected chi connectivity index (χ0v) is 14.5. The lowest BCUT2D eigenvalue weighted by Gasteiger charge is -2.17. The number of benzene rings is 2. The molecular formula is C18H21NO7. The van der Waals surface area contributed by atoms with Crippen LogP contribution < -0.4 is 19.9 Å². The number of aliphatic hydroxyl groups excluding tert-OH is 2. The van der Waals surface area contributed by atoms with Crippen LogP contribution in [0.2, 0.25) is 0 Å². The van der Waals surface area contributed by atoms with Crippen LogP contribution in [0.4, 0.5) is 5.69 Å². The fourth-order valence-electron chi connectivity index (χ4n) is 2.10. The number of nitrogens with two attached hydrogens (primary N) is 1. The van der Waals surface area contributed by atoms with Crippen LogP contribution in [0.1, 0.15) is 10.4 Å². The molecule has 1 atom stereocenters. The predicted molar refractivity (Wildman–Crippen MR) is 93.8 cm³/mol. The van der Waals surface area contributed by atoms with E-state index in [2.05, 4.69) is 4.74 Å². The Morgan fingerprint density at radius 2 is 1.92 bits per heavy atom. The largest absolute Gasteiger partial charge is 0.497 e. The number of anilines is 1. The third kappa shape index (κ3) is 4.78. The number of carbonyl (C=O) groups is 1. The van der Waals surface area contributed by atoms with Crippen molar-refractivity contribution < 1.29 is 34.0 Å². The van der Waals surface area contributed by atoms with Crippen molar-refractivity contribution in [2.24, 2.45) is 0 Å². The molecule has 4 N–H and O–H groups in total. The van der Waals surface area contributed by atoms with Crippen LogP contribution in [0.5, 0.6) is 23.0 Å². The minimum absolute atomic E-state index is 0.126. The first-order chi connectivity index (χ1) is 12.5. The molecule has 26 heavy (non-hydrogen) atoms. The summed E-state index contributed by atoms with van der Waals surface area (Å²) in [7, 11) is 2.78. The summed E-state index contributed by atoms with van der Waals surface area (Å²) in [6.07, 6.45) is -1.09. The van der Waals surface area contributed by atoms with Gasteiger partial charge < -0.3 is 34.9 Å². The Morgan fingerprint density at radius 3 is 2.58 bits per heavy atom. The summed E-state index contributed by atoms with van der Waals surface area (Å²) in [6, 6.07) is 9.63. The quantitative estimate of drug-likeness (QED) is 0.478. The van der Waals surface area contributed by atoms with Crippen LogP contribution in [-0.4, -0.2) is 49.7 Å². The molecule has 0 aliphatic heterocycles. The summed E-state index contributed by atoms with van der Waals surface area (Å²) in [5, 5.41) is 18.4. The normalized spacial score (nSPS) is 11.5. The van der Waals surface area contributed by atoms with Crippen molar-refractivity contribution in [3.05, 3.63) is 42.0 Å². The molecule has 1 unspecified atom stereocenters. The zero-order chi connectivity index (χ0) is 19.1. The predicted octanol–water partition coefficient (Wildman–Crippen LogP) is 1.59. The Bertz CT molecular complexity index is 763. The lowest BCUT2D eigenvalue weighted by Crippen LogP contribution is -2.21. The molecule has 140 valence electrons. The van der Waals surface area contributed by atoms with Crippen LogP contribution in [0.3, 0.4) is 0 Å². The molecular weight excluding hydrogens is 342 g/mol. The second-order valence-electron chi connectivity index (χ2n) is 5.31. The molecule has 2 aromatic carbocycles. The van der Waals surface area contributed by atoms with Gasteiger partial charge in [-0.05, 0) is 24.3 Å². The first-order valence-electron chi connectivity index (χ1n) is 7.74. The van der Waals surface area contributed by atoms with E-state index in [1.165, 1.54) is 26.4 Å². The summed E-state index contributed by atoms with van der Waals surface area (Å²) in [6.45, 7) is -0.687. The van der Waals surface area contributed by atoms with E-state index in [-0.39, 0.29) is 29.4 Å². The number of rotatable bonds is 8. The molecule has 0 saturated heterocycles. The van der Waals surface area contributed by atoms with Gasteiger partial charge in [0, 0.05) is 6.07 Å². The highest BCUT2D eigenvalue weighted by atomic mass is 16.5. The number of ether oxygens (including phenoxy) is 4. The molecule has 0 aliphatic rings. The van der Waals surface area contributed by atoms with E-state index in [1.54, 1.807) is 24.3 Å². The third-order valence-corrected chi connectivity index (χ3v) is 3.41. The van der Waals surface area contributed by atoms with E-state index >= 15 is 0 Å². The number of hydrogen-bond acceptors (Lipinski definition) is 8. The highest BCUT2D eigenvalue weighted by Gasteiger charge is 2.18. The number of hydrogen-bond donors (Lipinski definition) is 3. The van der Waals surface area contributed by atoms with E-state index < -0.39 is 18.7 Å². The summed E-state index contributed by atoms with van der Waals surface area (Å²) in [5.41, 5.74) is 6.32. The van der Waals surface area contributed by atoms with Crippen molar-refractivity contribution in [1.82, 2.24) is 0 Å². The number of nitrogen functional groups attached to an aromatic ring is 1. The summed E-state index contributed by atoms with van der Waals surface area (Å²) in [4.78, 5) is 11.8. The van der Waals surface area contributed by atoms with Gasteiger partial charge in [-0.2, -0.15) is 0 Å². The van der Waals surface area contributed by atoms with Crippen molar-refractivity contribution in [2.75, 3.05) is 33.2 Å². The molecule has 0 saturated carbocycles. The molecule has 8 nitrogen and oxygen atoms in total. The smallest absolute Gasteiger partial charge is 0.338 e. The fourth-order valence-corrected chi connectivity index (χ4v) is 2.10. The Labute approximate surface area is 150 Å². The average molecular weight is 363 g/mol. The zero-order valence-electron chi connectivity index (χ0n) is 14.5. The molecule has 0 heterocycles. The Balaban J connectivity index is 2.39. The van der Waals surface area contributed by atoms with Crippen molar-refractivity contribution >= 4 is 11.7 Å². The van der Waals surface area contributed by atoms with Crippen LogP contribution in [-0.2, 0) is 4.74 Å². The Kier molecular flexibility index (Phi) is 6.65. The highest BCUT2D eigenvalue weighted by molar-refractivity contribution is 5.92. The van der Waals surface area contributed by atoms with Crippen LogP contribution in [0, 0.1) is 0 Å². The highest BCUT2D eigenvalue weighted by Crippen LogP contribution is 2.39. The van der Waals surface area contributed by atoms with Gasteiger partial charge >= 0.3 is 5.97 Å². The maximum atomic E-state index is 11.8. The van der Waals surface area contributed by atoms with Crippen molar-refractivity contribution in [3.63, 3.8) is 0 Å². The number of esters is 1. The molecule has 0 amide bonds. The van der Waals surface area contributed by atoms with Gasteiger partial charge in [0.05, 0.1) is 32.1 Å². The van der Waals surface area contributed by atoms with E-state index in [0.29, 0.717) is 11.5 Å². The lowest BCUT2D eigenvalue weighted by atomic mass is 10.1. The minimum atomic E-state index is -1.09. The van der Waals surface area contributed by atoms with E-state index in [1.807, 2.05) is 0 Å². The maximum Gasteiger partial charge on any atom is 0.338 e. The first kappa shape index (κ1) is 19.4. The van der Waals surface area contributed by atoms with Gasteiger partial charge in [0.25, 0.3) is 0 Å². The van der Waals surface area contributed by atoms with E-state index in [4.69, 9.17) is 25.1 Å². The molecule has 0 radical (unpaired) electrons. The van der Waals surface area contributed by atoms with Gasteiger partial charge in [-0.25, -0.2) is 4.79 Å². The van der Waals surface area contributed by atoms with Gasteiger partial charge in [-0.1, -0.05) is 6.07 Å². The standard InChI is InChI=1S/C18H21NO7/c1-23-13-4-3-5-14(8-13)26-17-15(19)6-11(18(22)24-2)7-16(17)25-10-12(21)9-20/h3-8,12,20-21H,9-10,19H2,1-2H3. The molecule has 0 aromatic heterocycles. The van der Waals surface area contributed by atoms with Crippen molar-refractivity contribution in [2.45, 2.75) is 6.10 Å². The Hall–Kier alpha value is -2.97. The SMILES string of the molecule is COC(=O)c1cc(N)c(Oc2cccc(OC)c2)c(OCC(O)CO)c1. The van der Waals surface area contributed by atoms with Gasteiger partial charge in [-0.3, -0.25) is 0 Å². The number of methoxy groups -OCH3 is 2. The second kappa shape index (κ2) is 8.93. The molecule has 2 rings (SSSR count). The molecule has 0 spiro atoms. The first-order valence-corrected chi connectivity index (χ1v) is 7.74. The summed E-state index contributed by atoms with van der Waals surface area (Å²) in [5.74, 6) is 0.716. The average Bonchev–Trinajstić information content (AvgIpc) is 2.67. The van der Waals surface area contributed by atoms with E-state index in [9.17, 15) is 9.90 Å². The van der Waals surface area contributed by atoms with Crippen LogP contribution in [0.25, 0.3) is 0 Å². The molecule has 8 heteroatoms. The fraction of sp³-hybridized carbons (Fsp3) is 0.278. The van der Waals surface area contributed by atoms with E-state index in [0.717, 1.165) is 0 Å². The van der Waals surface area contributed by atoms with Crippen LogP contribution in [0.15, 0.2) is 36.4 Å². The molecule has 0 fully saturated rings. The molecule has 0 aliphatic carbocycles. The van der Waals surface area contributed by atoms with Gasteiger partial charge in [0.2, 0.25) is 0 Å². The Morgan fingerprint density at radius 1 is 1.19 bits per heavy atom. The number of aliphatic hydroxyl groups is 2. The van der Waals surface area contributed by atoms with Crippen molar-refractivity contribution in [1.29, 1.82) is 0 Å². The molecule has 2 aromatic rings. The third-order valence-electron chi connectivity index (χ3n) is 3.41. The van der Waals surface area contributed by atoms with Crippen LogP contribution >= 0.6 is 0 Å². The second-order valence-corrected chi connectivity index (χ2v) is 5.31. The number of carbonyl (C=O) groups excluding carboxylic acids is 1.